The maximum Gasteiger partial charge on any atom is 0.125 e. The van der Waals surface area contributed by atoms with Crippen molar-refractivity contribution < 1.29 is 8.78 Å². The van der Waals surface area contributed by atoms with E-state index in [2.05, 4.69) is 48.1 Å². The van der Waals surface area contributed by atoms with Crippen molar-refractivity contribution in [1.82, 2.24) is 15.3 Å². The zero-order valence-electron chi connectivity index (χ0n) is 18.3. The number of hydrogen-bond acceptors (Lipinski definition) is 2. The molecule has 0 spiro atoms. The van der Waals surface area contributed by atoms with E-state index in [9.17, 15) is 8.78 Å². The molecule has 3 aromatic carbocycles. The molecule has 5 rings (SSSR count). The van der Waals surface area contributed by atoms with Gasteiger partial charge in [-0.25, -0.2) is 13.8 Å². The zero-order chi connectivity index (χ0) is 22.9. The van der Waals surface area contributed by atoms with E-state index in [0.717, 1.165) is 34.0 Å². The molecule has 0 fully saturated rings. The van der Waals surface area contributed by atoms with Crippen LogP contribution in [0.4, 0.5) is 8.78 Å². The third kappa shape index (κ3) is 4.10. The summed E-state index contributed by atoms with van der Waals surface area (Å²) in [6.07, 6.45) is 2.78. The van der Waals surface area contributed by atoms with E-state index in [1.54, 1.807) is 18.3 Å². The molecule has 0 aliphatic carbocycles. The Bertz CT molecular complexity index is 1500. The van der Waals surface area contributed by atoms with Crippen LogP contribution in [0.5, 0.6) is 0 Å². The number of benzene rings is 3. The van der Waals surface area contributed by atoms with Gasteiger partial charge >= 0.3 is 0 Å². The number of nitrogens with one attached hydrogen (secondary N) is 2. The fourth-order valence-electron chi connectivity index (χ4n) is 4.16. The van der Waals surface area contributed by atoms with Crippen LogP contribution in [0.15, 0.2) is 79.5 Å². The van der Waals surface area contributed by atoms with Crippen LogP contribution in [0.2, 0.25) is 0 Å². The van der Waals surface area contributed by atoms with Gasteiger partial charge in [-0.2, -0.15) is 0 Å². The van der Waals surface area contributed by atoms with Crippen molar-refractivity contribution >= 4 is 27.5 Å². The molecule has 0 aliphatic heterocycles. The van der Waals surface area contributed by atoms with Crippen LogP contribution in [0.25, 0.3) is 38.8 Å². The second kappa shape index (κ2) is 8.51. The third-order valence-electron chi connectivity index (χ3n) is 5.92. The predicted molar refractivity (Wildman–Crippen MR) is 131 cm³/mol. The number of aromatic nitrogens is 2. The van der Waals surface area contributed by atoms with Gasteiger partial charge in [0.05, 0.1) is 11.2 Å². The second-order valence-corrected chi connectivity index (χ2v) is 8.11. The predicted octanol–water partition coefficient (Wildman–Crippen LogP) is 6.98. The van der Waals surface area contributed by atoms with Crippen molar-refractivity contribution in [2.75, 3.05) is 0 Å². The number of fused-ring (bicyclic) bond motifs is 2. The van der Waals surface area contributed by atoms with Gasteiger partial charge in [0, 0.05) is 51.9 Å². The standard InChI is InChI=1S/C28H23F2N3/c1-3-18-5-4-6-19(11-18)15-31-17(2)24-14-28(33-27-13-21(30)7-9-22(24)27)25-16-32-26-12-20(29)8-10-23(25)26/h4-14,16,31-32H,2-3,15H2,1H3. The van der Waals surface area contributed by atoms with E-state index < -0.39 is 0 Å². The number of aryl methyl sites for hydroxylation is 1. The van der Waals surface area contributed by atoms with Gasteiger partial charge in [-0.1, -0.05) is 37.8 Å². The van der Waals surface area contributed by atoms with Crippen LogP contribution in [0.3, 0.4) is 0 Å². The molecule has 0 bridgehead atoms. The van der Waals surface area contributed by atoms with Crippen LogP contribution in [0, 0.1) is 11.6 Å². The molecule has 2 aromatic heterocycles. The molecular formula is C28H23F2N3. The number of H-pyrrole nitrogens is 1. The summed E-state index contributed by atoms with van der Waals surface area (Å²) in [4.78, 5) is 7.81. The first-order chi connectivity index (χ1) is 16.0. The average Bonchev–Trinajstić information content (AvgIpc) is 3.24. The van der Waals surface area contributed by atoms with Crippen molar-refractivity contribution in [3.63, 3.8) is 0 Å². The number of pyridine rings is 1. The normalized spacial score (nSPS) is 11.2. The Hall–Kier alpha value is -3.99. The van der Waals surface area contributed by atoms with E-state index >= 15 is 0 Å². The maximum absolute atomic E-state index is 14.1. The third-order valence-corrected chi connectivity index (χ3v) is 5.92. The molecule has 5 heteroatoms. The van der Waals surface area contributed by atoms with Crippen molar-refractivity contribution in [1.29, 1.82) is 0 Å². The summed E-state index contributed by atoms with van der Waals surface area (Å²) < 4.78 is 27.7. The Morgan fingerprint density at radius 2 is 1.70 bits per heavy atom. The SMILES string of the molecule is C=C(NCc1cccc(CC)c1)c1cc(-c2c[nH]c3cc(F)ccc23)nc2cc(F)ccc12. The quantitative estimate of drug-likeness (QED) is 0.299. The molecule has 5 aromatic rings. The van der Waals surface area contributed by atoms with Gasteiger partial charge in [0.15, 0.2) is 0 Å². The summed E-state index contributed by atoms with van der Waals surface area (Å²) in [6.45, 7) is 7.02. The molecule has 0 saturated heterocycles. The van der Waals surface area contributed by atoms with Crippen molar-refractivity contribution in [2.24, 2.45) is 0 Å². The minimum absolute atomic E-state index is 0.310. The van der Waals surface area contributed by atoms with Gasteiger partial charge in [-0.3, -0.25) is 0 Å². The van der Waals surface area contributed by atoms with Crippen molar-refractivity contribution in [2.45, 2.75) is 19.9 Å². The lowest BCUT2D eigenvalue weighted by Gasteiger charge is -2.15. The van der Waals surface area contributed by atoms with Crippen molar-refractivity contribution in [3.05, 3.63) is 108 Å². The van der Waals surface area contributed by atoms with Crippen LogP contribution < -0.4 is 5.32 Å². The minimum Gasteiger partial charge on any atom is -0.381 e. The molecule has 0 unspecified atom stereocenters. The van der Waals surface area contributed by atoms with Crippen LogP contribution in [-0.2, 0) is 13.0 Å². The molecular weight excluding hydrogens is 416 g/mol. The molecule has 164 valence electrons. The molecule has 0 amide bonds. The Labute approximate surface area is 190 Å². The van der Waals surface area contributed by atoms with Crippen LogP contribution in [-0.4, -0.2) is 9.97 Å². The number of rotatable bonds is 6. The van der Waals surface area contributed by atoms with Crippen molar-refractivity contribution in [3.8, 4) is 11.3 Å². The van der Waals surface area contributed by atoms with E-state index in [-0.39, 0.29) is 11.6 Å². The van der Waals surface area contributed by atoms with Gasteiger partial charge in [0.1, 0.15) is 11.6 Å². The Balaban J connectivity index is 1.56. The minimum atomic E-state index is -0.353. The van der Waals surface area contributed by atoms with Gasteiger partial charge in [0.25, 0.3) is 0 Å². The largest absolute Gasteiger partial charge is 0.381 e. The summed E-state index contributed by atoms with van der Waals surface area (Å²) in [5.41, 5.74) is 6.72. The average molecular weight is 440 g/mol. The number of nitrogens with zero attached hydrogens (tertiary/aromatic N) is 1. The molecule has 0 saturated carbocycles. The second-order valence-electron chi connectivity index (χ2n) is 8.11. The molecule has 0 radical (unpaired) electrons. The molecule has 3 nitrogen and oxygen atoms in total. The first-order valence-corrected chi connectivity index (χ1v) is 10.9. The van der Waals surface area contributed by atoms with Crippen LogP contribution in [0.1, 0.15) is 23.6 Å². The monoisotopic (exact) mass is 439 g/mol. The highest BCUT2D eigenvalue weighted by Crippen LogP contribution is 2.32. The molecule has 0 aliphatic rings. The number of hydrogen-bond donors (Lipinski definition) is 2. The summed E-state index contributed by atoms with van der Waals surface area (Å²) in [7, 11) is 0. The summed E-state index contributed by atoms with van der Waals surface area (Å²) in [5.74, 6) is -0.663. The Morgan fingerprint density at radius 1 is 0.939 bits per heavy atom. The number of halogens is 2. The first kappa shape index (κ1) is 20.9. The lowest BCUT2D eigenvalue weighted by atomic mass is 10.0. The topological polar surface area (TPSA) is 40.7 Å². The Morgan fingerprint density at radius 3 is 2.52 bits per heavy atom. The molecule has 0 atom stereocenters. The first-order valence-electron chi connectivity index (χ1n) is 10.9. The number of aromatic amines is 1. The smallest absolute Gasteiger partial charge is 0.125 e. The summed E-state index contributed by atoms with van der Waals surface area (Å²) in [6, 6.07) is 19.6. The highest BCUT2D eigenvalue weighted by atomic mass is 19.1. The summed E-state index contributed by atoms with van der Waals surface area (Å²) in [5, 5.41) is 5.08. The fourth-order valence-corrected chi connectivity index (χ4v) is 4.16. The maximum atomic E-state index is 14.1. The van der Waals surface area contributed by atoms with E-state index in [1.807, 2.05) is 6.07 Å². The van der Waals surface area contributed by atoms with Gasteiger partial charge in [-0.05, 0) is 53.9 Å². The van der Waals surface area contributed by atoms with E-state index in [0.29, 0.717) is 23.3 Å². The summed E-state index contributed by atoms with van der Waals surface area (Å²) >= 11 is 0. The van der Waals surface area contributed by atoms with E-state index in [4.69, 9.17) is 4.98 Å². The molecule has 2 heterocycles. The Kier molecular flexibility index (Phi) is 5.38. The highest BCUT2D eigenvalue weighted by molar-refractivity contribution is 5.98. The van der Waals surface area contributed by atoms with Gasteiger partial charge in [0.2, 0.25) is 0 Å². The van der Waals surface area contributed by atoms with Crippen LogP contribution >= 0.6 is 0 Å². The lowest BCUT2D eigenvalue weighted by molar-refractivity contribution is 0.629. The lowest BCUT2D eigenvalue weighted by Crippen LogP contribution is -2.12. The van der Waals surface area contributed by atoms with Gasteiger partial charge < -0.3 is 10.3 Å². The molecule has 2 N–H and O–H groups in total. The fraction of sp³-hybridized carbons (Fsp3) is 0.107. The van der Waals surface area contributed by atoms with E-state index in [1.165, 1.54) is 35.4 Å². The zero-order valence-corrected chi connectivity index (χ0v) is 18.3. The van der Waals surface area contributed by atoms with Gasteiger partial charge in [-0.15, -0.1) is 0 Å². The highest BCUT2D eigenvalue weighted by Gasteiger charge is 2.14. The molecule has 33 heavy (non-hydrogen) atoms.